The van der Waals surface area contributed by atoms with Gasteiger partial charge in [0.05, 0.1) is 18.7 Å². The van der Waals surface area contributed by atoms with Crippen molar-refractivity contribution < 1.29 is 14.1 Å². The molecule has 1 fully saturated rings. The highest BCUT2D eigenvalue weighted by molar-refractivity contribution is 5.79. The number of carbonyl (C=O) groups is 1. The molecule has 0 atom stereocenters. The van der Waals surface area contributed by atoms with Gasteiger partial charge in [-0.2, -0.15) is 0 Å². The van der Waals surface area contributed by atoms with Crippen molar-refractivity contribution in [2.45, 2.75) is 31.6 Å². The first kappa shape index (κ1) is 12.2. The fourth-order valence-electron chi connectivity index (χ4n) is 2.97. The van der Waals surface area contributed by atoms with E-state index in [0.29, 0.717) is 5.92 Å². The monoisotopic (exact) mass is 259 g/mol. The highest BCUT2D eigenvalue weighted by Crippen LogP contribution is 2.38. The van der Waals surface area contributed by atoms with Crippen LogP contribution in [0.2, 0.25) is 0 Å². The van der Waals surface area contributed by atoms with Crippen molar-refractivity contribution in [2.24, 2.45) is 5.92 Å². The van der Waals surface area contributed by atoms with Gasteiger partial charge < -0.3 is 9.26 Å². The molecule has 0 unspecified atom stereocenters. The molecule has 0 bridgehead atoms. The lowest BCUT2D eigenvalue weighted by atomic mass is 9.80. The average Bonchev–Trinajstić information content (AvgIpc) is 2.90. The number of nitrogens with zero attached hydrogens (tertiary/aromatic N) is 1. The van der Waals surface area contributed by atoms with Crippen molar-refractivity contribution in [3.63, 3.8) is 0 Å². The van der Waals surface area contributed by atoms with Gasteiger partial charge in [-0.05, 0) is 37.8 Å². The normalized spacial score (nSPS) is 23.4. The Bertz CT molecular complexity index is 582. The first-order valence-electron chi connectivity index (χ1n) is 6.71. The molecule has 19 heavy (non-hydrogen) atoms. The molecule has 1 aromatic carbocycles. The Balaban J connectivity index is 1.77. The average molecular weight is 259 g/mol. The van der Waals surface area contributed by atoms with Gasteiger partial charge in [0.25, 0.3) is 0 Å². The van der Waals surface area contributed by atoms with E-state index in [1.165, 1.54) is 7.11 Å². The summed E-state index contributed by atoms with van der Waals surface area (Å²) in [7, 11) is 1.46. The number of benzene rings is 1. The number of carbonyl (C=O) groups excluding carboxylic acids is 1. The second kappa shape index (κ2) is 5.03. The molecule has 100 valence electrons. The summed E-state index contributed by atoms with van der Waals surface area (Å²) in [5.41, 5.74) is 1.88. The largest absolute Gasteiger partial charge is 0.469 e. The van der Waals surface area contributed by atoms with Crippen LogP contribution in [-0.4, -0.2) is 18.2 Å². The molecule has 4 heteroatoms. The Morgan fingerprint density at radius 3 is 2.74 bits per heavy atom. The Hall–Kier alpha value is -1.84. The smallest absolute Gasteiger partial charge is 0.308 e. The Kier molecular flexibility index (Phi) is 3.23. The Labute approximate surface area is 111 Å². The lowest BCUT2D eigenvalue weighted by Gasteiger charge is -2.25. The van der Waals surface area contributed by atoms with Gasteiger partial charge in [-0.25, -0.2) is 0 Å². The number of aromatic nitrogens is 1. The SMILES string of the molecule is COC(=O)[C@H]1CC[C@H](c2noc3ccccc32)CC1. The van der Waals surface area contributed by atoms with Crippen LogP contribution in [0, 0.1) is 5.92 Å². The van der Waals surface area contributed by atoms with Gasteiger partial charge in [-0.1, -0.05) is 17.3 Å². The summed E-state index contributed by atoms with van der Waals surface area (Å²) >= 11 is 0. The molecule has 0 radical (unpaired) electrons. The Morgan fingerprint density at radius 1 is 1.26 bits per heavy atom. The minimum Gasteiger partial charge on any atom is -0.469 e. The molecule has 1 aliphatic carbocycles. The third kappa shape index (κ3) is 2.23. The lowest BCUT2D eigenvalue weighted by Crippen LogP contribution is -2.22. The molecule has 0 saturated heterocycles. The molecule has 1 aromatic heterocycles. The molecular weight excluding hydrogens is 242 g/mol. The molecule has 0 N–H and O–H groups in total. The third-order valence-electron chi connectivity index (χ3n) is 4.05. The summed E-state index contributed by atoms with van der Waals surface area (Å²) in [4.78, 5) is 11.5. The van der Waals surface area contributed by atoms with Crippen LogP contribution in [0.5, 0.6) is 0 Å². The molecular formula is C15H17NO3. The fraction of sp³-hybridized carbons (Fsp3) is 0.467. The predicted octanol–water partition coefficient (Wildman–Crippen LogP) is 3.27. The summed E-state index contributed by atoms with van der Waals surface area (Å²) < 4.78 is 10.2. The molecule has 1 saturated carbocycles. The van der Waals surface area contributed by atoms with Gasteiger partial charge in [-0.15, -0.1) is 0 Å². The quantitative estimate of drug-likeness (QED) is 0.777. The van der Waals surface area contributed by atoms with Gasteiger partial charge >= 0.3 is 5.97 Å². The van der Waals surface area contributed by atoms with Crippen molar-refractivity contribution in [2.75, 3.05) is 7.11 Å². The van der Waals surface area contributed by atoms with Crippen LogP contribution < -0.4 is 0 Å². The first-order chi connectivity index (χ1) is 9.29. The standard InChI is InChI=1S/C15H17NO3/c1-18-15(17)11-8-6-10(7-9-11)14-12-4-2-3-5-13(12)19-16-14/h2-5,10-11H,6-9H2,1H3/t10-,11-. The number of ether oxygens (including phenoxy) is 1. The maximum atomic E-state index is 11.5. The van der Waals surface area contributed by atoms with E-state index in [2.05, 4.69) is 5.16 Å². The number of esters is 1. The number of methoxy groups -OCH3 is 1. The lowest BCUT2D eigenvalue weighted by molar-refractivity contribution is -0.146. The van der Waals surface area contributed by atoms with Crippen LogP contribution >= 0.6 is 0 Å². The summed E-state index contributed by atoms with van der Waals surface area (Å²) in [6.07, 6.45) is 3.68. The van der Waals surface area contributed by atoms with E-state index in [-0.39, 0.29) is 11.9 Å². The minimum absolute atomic E-state index is 0.0550. The van der Waals surface area contributed by atoms with E-state index in [9.17, 15) is 4.79 Å². The highest BCUT2D eigenvalue weighted by Gasteiger charge is 2.29. The van der Waals surface area contributed by atoms with Crippen molar-refractivity contribution in [3.05, 3.63) is 30.0 Å². The molecule has 2 aromatic rings. The summed E-state index contributed by atoms with van der Waals surface area (Å²) in [6, 6.07) is 7.94. The molecule has 0 amide bonds. The van der Waals surface area contributed by atoms with Crippen molar-refractivity contribution >= 4 is 16.9 Å². The van der Waals surface area contributed by atoms with E-state index in [4.69, 9.17) is 9.26 Å². The van der Waals surface area contributed by atoms with Crippen LogP contribution in [0.15, 0.2) is 28.8 Å². The number of hydrogen-bond acceptors (Lipinski definition) is 4. The minimum atomic E-state index is -0.0801. The summed E-state index contributed by atoms with van der Waals surface area (Å²) in [6.45, 7) is 0. The maximum Gasteiger partial charge on any atom is 0.308 e. The summed E-state index contributed by atoms with van der Waals surface area (Å²) in [5.74, 6) is 0.368. The van der Waals surface area contributed by atoms with Gasteiger partial charge in [0, 0.05) is 11.3 Å². The second-order valence-electron chi connectivity index (χ2n) is 5.14. The van der Waals surface area contributed by atoms with Crippen molar-refractivity contribution in [3.8, 4) is 0 Å². The second-order valence-corrected chi connectivity index (χ2v) is 5.14. The first-order valence-corrected chi connectivity index (χ1v) is 6.71. The van der Waals surface area contributed by atoms with E-state index < -0.39 is 0 Å². The zero-order valence-electron chi connectivity index (χ0n) is 11.0. The van der Waals surface area contributed by atoms with Crippen molar-refractivity contribution in [1.82, 2.24) is 5.16 Å². The molecule has 3 rings (SSSR count). The topological polar surface area (TPSA) is 52.3 Å². The van der Waals surface area contributed by atoms with Crippen LogP contribution in [0.1, 0.15) is 37.3 Å². The van der Waals surface area contributed by atoms with Gasteiger partial charge in [0.15, 0.2) is 5.58 Å². The van der Waals surface area contributed by atoms with Crippen LogP contribution in [0.3, 0.4) is 0 Å². The molecule has 0 aliphatic heterocycles. The van der Waals surface area contributed by atoms with Crippen LogP contribution in [0.4, 0.5) is 0 Å². The van der Waals surface area contributed by atoms with Gasteiger partial charge in [0.1, 0.15) is 0 Å². The van der Waals surface area contributed by atoms with Crippen LogP contribution in [0.25, 0.3) is 11.0 Å². The Morgan fingerprint density at radius 2 is 2.00 bits per heavy atom. The van der Waals surface area contributed by atoms with Crippen LogP contribution in [-0.2, 0) is 9.53 Å². The van der Waals surface area contributed by atoms with E-state index >= 15 is 0 Å². The maximum absolute atomic E-state index is 11.5. The van der Waals surface area contributed by atoms with Gasteiger partial charge in [0.2, 0.25) is 0 Å². The van der Waals surface area contributed by atoms with Crippen molar-refractivity contribution in [1.29, 1.82) is 0 Å². The fourth-order valence-corrected chi connectivity index (χ4v) is 2.97. The highest BCUT2D eigenvalue weighted by atomic mass is 16.5. The number of hydrogen-bond donors (Lipinski definition) is 0. The van der Waals surface area contributed by atoms with E-state index in [0.717, 1.165) is 42.3 Å². The molecule has 0 spiro atoms. The molecule has 4 nitrogen and oxygen atoms in total. The zero-order chi connectivity index (χ0) is 13.2. The number of rotatable bonds is 2. The number of para-hydroxylation sites is 1. The van der Waals surface area contributed by atoms with E-state index in [1.807, 2.05) is 24.3 Å². The molecule has 1 aliphatic rings. The molecule has 1 heterocycles. The van der Waals surface area contributed by atoms with Gasteiger partial charge in [-0.3, -0.25) is 4.79 Å². The zero-order valence-corrected chi connectivity index (χ0v) is 11.0. The van der Waals surface area contributed by atoms with E-state index in [1.54, 1.807) is 0 Å². The number of fused-ring (bicyclic) bond motifs is 1. The third-order valence-corrected chi connectivity index (χ3v) is 4.05. The summed E-state index contributed by atoms with van der Waals surface area (Å²) in [5, 5.41) is 5.32. The predicted molar refractivity (Wildman–Crippen MR) is 70.7 cm³/mol.